The highest BCUT2D eigenvalue weighted by Crippen LogP contribution is 2.12. The second-order valence-electron chi connectivity index (χ2n) is 5.20. The minimum atomic E-state index is -1.32. The molecular formula is C15H20N2O8. The van der Waals surface area contributed by atoms with Crippen LogP contribution in [-0.4, -0.2) is 48.2 Å². The van der Waals surface area contributed by atoms with E-state index in [-0.39, 0.29) is 25.2 Å². The fourth-order valence-electron chi connectivity index (χ4n) is 1.72. The molecule has 1 aliphatic heterocycles. The lowest BCUT2D eigenvalue weighted by atomic mass is 10.2. The van der Waals surface area contributed by atoms with Crippen molar-refractivity contribution in [1.29, 1.82) is 0 Å². The van der Waals surface area contributed by atoms with Gasteiger partial charge in [-0.1, -0.05) is 11.6 Å². The van der Waals surface area contributed by atoms with Gasteiger partial charge in [0.1, 0.15) is 0 Å². The number of unbranched alkanes of at least 4 members (excludes halogenated alkanes) is 1. The smallest absolute Gasteiger partial charge is 0.428 e. The van der Waals surface area contributed by atoms with Crippen LogP contribution in [0.3, 0.4) is 0 Å². The Bertz CT molecular complexity index is 556. The Morgan fingerprint density at radius 2 is 1.76 bits per heavy atom. The summed E-state index contributed by atoms with van der Waals surface area (Å²) in [6.07, 6.45) is -0.280. The average Bonchev–Trinajstić information content (AvgIpc) is 2.86. The van der Waals surface area contributed by atoms with Crippen LogP contribution in [0.4, 0.5) is 4.79 Å². The van der Waals surface area contributed by atoms with E-state index in [9.17, 15) is 24.0 Å². The van der Waals surface area contributed by atoms with E-state index in [2.05, 4.69) is 26.2 Å². The number of ether oxygens (including phenoxy) is 2. The highest BCUT2D eigenvalue weighted by molar-refractivity contribution is 6.01. The van der Waals surface area contributed by atoms with Gasteiger partial charge in [0.05, 0.1) is 0 Å². The van der Waals surface area contributed by atoms with E-state index >= 15 is 0 Å². The minimum Gasteiger partial charge on any atom is -0.428 e. The number of carbonyl (C=O) groups is 5. The van der Waals surface area contributed by atoms with Crippen LogP contribution in [0.5, 0.6) is 0 Å². The van der Waals surface area contributed by atoms with Gasteiger partial charge in [0.25, 0.3) is 11.8 Å². The van der Waals surface area contributed by atoms with Gasteiger partial charge in [-0.25, -0.2) is 4.79 Å². The van der Waals surface area contributed by atoms with E-state index < -0.39 is 30.7 Å². The predicted octanol–water partition coefficient (Wildman–Crippen LogP) is 0.567. The number of nitrogens with one attached hydrogen (secondary N) is 1. The number of carbonyl (C=O) groups excluding carboxylic acids is 5. The minimum absolute atomic E-state index is 0.0338. The van der Waals surface area contributed by atoms with E-state index in [1.54, 1.807) is 6.92 Å². The second-order valence-corrected chi connectivity index (χ2v) is 5.20. The van der Waals surface area contributed by atoms with Crippen LogP contribution >= 0.6 is 0 Å². The van der Waals surface area contributed by atoms with Crippen LogP contribution in [0, 0.1) is 0 Å². The lowest BCUT2D eigenvalue weighted by Crippen LogP contribution is -2.32. The Kier molecular flexibility index (Phi) is 8.10. The van der Waals surface area contributed by atoms with Crippen molar-refractivity contribution in [2.24, 2.45) is 0 Å². The molecule has 3 amide bonds. The third-order valence-electron chi connectivity index (χ3n) is 3.05. The number of imide groups is 1. The normalized spacial score (nSPS) is 13.4. The summed E-state index contributed by atoms with van der Waals surface area (Å²) in [6.45, 7) is 4.79. The zero-order valence-corrected chi connectivity index (χ0v) is 13.9. The predicted molar refractivity (Wildman–Crippen MR) is 81.3 cm³/mol. The van der Waals surface area contributed by atoms with Crippen molar-refractivity contribution in [3.8, 4) is 0 Å². The lowest BCUT2D eigenvalue weighted by Gasteiger charge is -2.12. The molecule has 0 spiro atoms. The van der Waals surface area contributed by atoms with Crippen LogP contribution in [-0.2, 0) is 33.5 Å². The number of rotatable bonds is 9. The molecule has 1 saturated heterocycles. The molecule has 10 heteroatoms. The quantitative estimate of drug-likeness (QED) is 0.209. The molecule has 1 aliphatic rings. The van der Waals surface area contributed by atoms with Gasteiger partial charge in [-0.05, 0) is 19.8 Å². The van der Waals surface area contributed by atoms with Gasteiger partial charge in [-0.3, -0.25) is 24.0 Å². The Labute approximate surface area is 144 Å². The molecule has 1 rings (SSSR count). The van der Waals surface area contributed by atoms with Gasteiger partial charge in [0.2, 0.25) is 12.7 Å². The molecule has 138 valence electrons. The van der Waals surface area contributed by atoms with Gasteiger partial charge < -0.3 is 14.8 Å². The Morgan fingerprint density at radius 1 is 1.12 bits per heavy atom. The monoisotopic (exact) mass is 356 g/mol. The van der Waals surface area contributed by atoms with Crippen molar-refractivity contribution in [3.63, 3.8) is 0 Å². The number of hydroxylamine groups is 2. The highest BCUT2D eigenvalue weighted by Gasteiger charge is 2.33. The van der Waals surface area contributed by atoms with E-state index in [0.717, 1.165) is 0 Å². The molecule has 1 fully saturated rings. The molecule has 0 unspecified atom stereocenters. The number of hydrogen-bond donors (Lipinski definition) is 1. The lowest BCUT2D eigenvalue weighted by molar-refractivity contribution is -0.182. The zero-order valence-electron chi connectivity index (χ0n) is 13.9. The molecule has 1 N–H and O–H groups in total. The van der Waals surface area contributed by atoms with Gasteiger partial charge >= 0.3 is 12.1 Å². The summed E-state index contributed by atoms with van der Waals surface area (Å²) in [5.41, 5.74) is 0.403. The number of nitrogens with zero attached hydrogens (tertiary/aromatic N) is 1. The summed E-state index contributed by atoms with van der Waals surface area (Å²) >= 11 is 0. The summed E-state index contributed by atoms with van der Waals surface area (Å²) in [4.78, 5) is 60.7. The first-order chi connectivity index (χ1) is 11.8. The fourth-order valence-corrected chi connectivity index (χ4v) is 1.72. The van der Waals surface area contributed by atoms with E-state index in [4.69, 9.17) is 0 Å². The average molecular weight is 356 g/mol. The van der Waals surface area contributed by atoms with Gasteiger partial charge in [0, 0.05) is 31.4 Å². The van der Waals surface area contributed by atoms with Crippen molar-refractivity contribution in [3.05, 3.63) is 12.2 Å². The SMILES string of the molecule is C=C(C)C(=O)NCCCCC(=O)OCOC(=O)ON1C(=O)CCC1=O. The van der Waals surface area contributed by atoms with Crippen LogP contribution in [0.25, 0.3) is 0 Å². The first kappa shape index (κ1) is 20.1. The third-order valence-corrected chi connectivity index (χ3v) is 3.05. The Morgan fingerprint density at radius 3 is 2.36 bits per heavy atom. The van der Waals surface area contributed by atoms with Gasteiger partial charge in [-0.2, -0.15) is 0 Å². The molecule has 0 aliphatic carbocycles. The number of esters is 1. The summed E-state index contributed by atoms with van der Waals surface area (Å²) in [5.74, 6) is -2.13. The first-order valence-electron chi connectivity index (χ1n) is 7.61. The first-order valence-corrected chi connectivity index (χ1v) is 7.61. The van der Waals surface area contributed by atoms with Crippen LogP contribution in [0.1, 0.15) is 39.0 Å². The number of amides is 3. The van der Waals surface area contributed by atoms with Crippen molar-refractivity contribution < 1.29 is 38.3 Å². The molecule has 0 bridgehead atoms. The maximum atomic E-state index is 11.4. The third kappa shape index (κ3) is 7.46. The van der Waals surface area contributed by atoms with E-state index in [1.807, 2.05) is 0 Å². The van der Waals surface area contributed by atoms with Crippen molar-refractivity contribution >= 4 is 29.8 Å². The number of hydrogen-bond acceptors (Lipinski definition) is 8. The Balaban J connectivity index is 2.07. The van der Waals surface area contributed by atoms with Crippen molar-refractivity contribution in [2.45, 2.75) is 39.0 Å². The summed E-state index contributed by atoms with van der Waals surface area (Å²) in [6, 6.07) is 0. The molecule has 0 aromatic carbocycles. The topological polar surface area (TPSA) is 128 Å². The maximum absolute atomic E-state index is 11.4. The molecule has 10 nitrogen and oxygen atoms in total. The highest BCUT2D eigenvalue weighted by atomic mass is 16.9. The van der Waals surface area contributed by atoms with E-state index in [1.165, 1.54) is 0 Å². The zero-order chi connectivity index (χ0) is 18.8. The van der Waals surface area contributed by atoms with Crippen molar-refractivity contribution in [1.82, 2.24) is 10.4 Å². The molecule has 0 atom stereocenters. The summed E-state index contributed by atoms with van der Waals surface area (Å²) < 4.78 is 9.08. The molecule has 0 radical (unpaired) electrons. The largest absolute Gasteiger partial charge is 0.536 e. The Hall–Kier alpha value is -2.91. The van der Waals surface area contributed by atoms with Crippen LogP contribution < -0.4 is 5.32 Å². The molecule has 1 heterocycles. The molecule has 0 aromatic rings. The van der Waals surface area contributed by atoms with Crippen LogP contribution in [0.2, 0.25) is 0 Å². The van der Waals surface area contributed by atoms with E-state index in [0.29, 0.717) is 30.0 Å². The molecule has 0 aromatic heterocycles. The van der Waals surface area contributed by atoms with Gasteiger partial charge in [0.15, 0.2) is 0 Å². The molecular weight excluding hydrogens is 336 g/mol. The standard InChI is InChI=1S/C15H20N2O8/c1-10(2)14(21)16-8-4-3-5-13(20)23-9-24-15(22)25-17-11(18)6-7-12(17)19/h1,3-9H2,2H3,(H,16,21). The maximum Gasteiger partial charge on any atom is 0.536 e. The van der Waals surface area contributed by atoms with Gasteiger partial charge in [-0.15, -0.1) is 0 Å². The summed E-state index contributed by atoms with van der Waals surface area (Å²) in [7, 11) is 0. The molecule has 25 heavy (non-hydrogen) atoms. The summed E-state index contributed by atoms with van der Waals surface area (Å²) in [5, 5.41) is 2.94. The van der Waals surface area contributed by atoms with Crippen molar-refractivity contribution in [2.75, 3.05) is 13.3 Å². The van der Waals surface area contributed by atoms with Crippen LogP contribution in [0.15, 0.2) is 12.2 Å². The fraction of sp³-hybridized carbons (Fsp3) is 0.533. The molecule has 0 saturated carbocycles. The second kappa shape index (κ2) is 10.1.